The van der Waals surface area contributed by atoms with Gasteiger partial charge in [-0.1, -0.05) is 72.4 Å². The first-order chi connectivity index (χ1) is 34.9. The summed E-state index contributed by atoms with van der Waals surface area (Å²) >= 11 is 0. The summed E-state index contributed by atoms with van der Waals surface area (Å²) in [6.07, 6.45) is 23.0. The van der Waals surface area contributed by atoms with E-state index in [1.807, 2.05) is 46.7 Å². The van der Waals surface area contributed by atoms with Crippen LogP contribution in [0.25, 0.3) is 0 Å². The third-order valence-electron chi connectivity index (χ3n) is 19.7. The van der Waals surface area contributed by atoms with Gasteiger partial charge in [-0.3, -0.25) is 4.99 Å². The molecule has 11 rings (SSSR count). The molecular formula is C58H86N6O6S2. The molecule has 0 unspecified atom stereocenters. The molecule has 2 spiro atoms. The van der Waals surface area contributed by atoms with E-state index < -0.39 is 12.2 Å². The molecule has 0 radical (unpaired) electrons. The maximum Gasteiger partial charge on any atom is 0.188 e. The topological polar surface area (TPSA) is 208 Å². The normalized spacial score (nSPS) is 33.9. The summed E-state index contributed by atoms with van der Waals surface area (Å²) in [6, 6.07) is 10.3. The second-order valence-electron chi connectivity index (χ2n) is 23.8. The zero-order valence-electron chi connectivity index (χ0n) is 43.3. The highest BCUT2D eigenvalue weighted by atomic mass is 33.1. The number of H-pyrrole nitrogens is 1. The van der Waals surface area contributed by atoms with Gasteiger partial charge in [-0.2, -0.15) is 0 Å². The molecule has 396 valence electrons. The minimum Gasteiger partial charge on any atom is -0.504 e. The van der Waals surface area contributed by atoms with Crippen molar-refractivity contribution in [3.05, 3.63) is 82.1 Å². The van der Waals surface area contributed by atoms with Gasteiger partial charge >= 0.3 is 0 Å². The number of nitrogens with zero attached hydrogens (tertiary/aromatic N) is 1. The van der Waals surface area contributed by atoms with Crippen LogP contribution in [-0.2, 0) is 25.9 Å². The molecule has 1 saturated heterocycles. The number of guanidine groups is 1. The summed E-state index contributed by atoms with van der Waals surface area (Å²) in [6.45, 7) is 5.51. The van der Waals surface area contributed by atoms with E-state index in [4.69, 9.17) is 20.6 Å². The SMILES string of the molecule is CN=C(N)N[C@@H]1CSSC[C@@H]2[C@@H]3CC[C@@H](CCc4oc(CCc5ccc(O)c(OC[C@H](O)c6cc7c([nH]6)[C@@H]6C=C[C@]8(CCC[C@H]8C68CCCC8)[C@@H]7CNC[C@H](C)O)c5)cc4CO)C[C@H](C[C@H]2N)[C@@H]3CC[C@@H]1C. The lowest BCUT2D eigenvalue weighted by molar-refractivity contribution is 0.0440. The van der Waals surface area contributed by atoms with E-state index >= 15 is 0 Å². The number of hydrogen-bond donors (Lipinski definition) is 9. The van der Waals surface area contributed by atoms with Crippen LogP contribution in [0.15, 0.2) is 51.9 Å². The lowest BCUT2D eigenvalue weighted by Gasteiger charge is -2.52. The van der Waals surface area contributed by atoms with Gasteiger partial charge in [0.05, 0.1) is 12.7 Å². The number of aliphatic hydroxyl groups excluding tert-OH is 3. The van der Waals surface area contributed by atoms with Crippen molar-refractivity contribution in [3.8, 4) is 11.5 Å². The van der Waals surface area contributed by atoms with Crippen molar-refractivity contribution >= 4 is 27.5 Å². The number of rotatable bonds is 16. The molecule has 2 aromatic heterocycles. The largest absolute Gasteiger partial charge is 0.504 e. The first-order valence-electron chi connectivity index (χ1n) is 28.0. The Labute approximate surface area is 436 Å². The van der Waals surface area contributed by atoms with Crippen molar-refractivity contribution < 1.29 is 29.6 Å². The Hall–Kier alpha value is -3.11. The summed E-state index contributed by atoms with van der Waals surface area (Å²) in [5.74, 6) is 9.68. The number of phenolic OH excluding ortho intramolecular Hbond substituents is 1. The number of aromatic amines is 1. The summed E-state index contributed by atoms with van der Waals surface area (Å²) < 4.78 is 12.8. The molecule has 3 heterocycles. The quantitative estimate of drug-likeness (QED) is 0.0285. The minimum atomic E-state index is -0.911. The van der Waals surface area contributed by atoms with Crippen molar-refractivity contribution in [2.24, 2.45) is 68.7 Å². The Morgan fingerprint density at radius 1 is 0.972 bits per heavy atom. The van der Waals surface area contributed by atoms with Crippen molar-refractivity contribution in [2.45, 2.75) is 166 Å². The van der Waals surface area contributed by atoms with Gasteiger partial charge in [0.2, 0.25) is 0 Å². The fourth-order valence-corrected chi connectivity index (χ4v) is 19.0. The molecule has 72 heavy (non-hydrogen) atoms. The number of furan rings is 1. The second kappa shape index (κ2) is 22.6. The number of aliphatic hydroxyl groups is 3. The number of phenols is 1. The molecule has 3 aromatic rings. The van der Waals surface area contributed by atoms with Gasteiger partial charge in [0.15, 0.2) is 17.5 Å². The lowest BCUT2D eigenvalue weighted by atomic mass is 9.52. The fourth-order valence-electron chi connectivity index (χ4n) is 16.1. The number of allylic oxidation sites excluding steroid dienone is 2. The molecule has 8 aliphatic rings. The third kappa shape index (κ3) is 10.6. The third-order valence-corrected chi connectivity index (χ3v) is 22.2. The van der Waals surface area contributed by atoms with E-state index in [-0.39, 0.29) is 41.8 Å². The van der Waals surface area contributed by atoms with Crippen LogP contribution in [0.4, 0.5) is 0 Å². The van der Waals surface area contributed by atoms with Crippen LogP contribution >= 0.6 is 21.6 Å². The Balaban J connectivity index is 0.764. The Bertz CT molecular complexity index is 2360. The monoisotopic (exact) mass is 1030 g/mol. The van der Waals surface area contributed by atoms with Gasteiger partial charge in [0.1, 0.15) is 24.2 Å². The highest BCUT2D eigenvalue weighted by Gasteiger charge is 2.63. The molecule has 7 aliphatic carbocycles. The Morgan fingerprint density at radius 3 is 2.60 bits per heavy atom. The summed E-state index contributed by atoms with van der Waals surface area (Å²) in [7, 11) is 5.71. The van der Waals surface area contributed by atoms with Crippen molar-refractivity contribution in [2.75, 3.05) is 38.2 Å². The molecule has 14 heteroatoms. The number of aryl methyl sites for hydroxylation is 3. The second-order valence-corrected chi connectivity index (χ2v) is 26.3. The Kier molecular flexibility index (Phi) is 16.4. The highest BCUT2D eigenvalue weighted by molar-refractivity contribution is 8.76. The summed E-state index contributed by atoms with van der Waals surface area (Å²) in [5, 5.41) is 50.5. The predicted molar refractivity (Wildman–Crippen MR) is 291 cm³/mol. The minimum absolute atomic E-state index is 0.000661. The fraction of sp³-hybridized carbons (Fsp3) is 0.707. The number of ether oxygens (including phenoxy) is 1. The summed E-state index contributed by atoms with van der Waals surface area (Å²) in [4.78, 5) is 7.98. The van der Waals surface area contributed by atoms with Crippen LogP contribution in [0.5, 0.6) is 11.5 Å². The maximum atomic E-state index is 11.8. The molecule has 4 saturated carbocycles. The number of aromatic nitrogens is 1. The zero-order chi connectivity index (χ0) is 50.1. The standard InChI is InChI=1S/C58H86N6O6S2/c1-34-8-14-41-38-23-36(10-15-42(41)44(47(59)26-38)32-71-72-33-49(34)64-56(60)61-3)12-17-52-39(30-65)25-40(70-52)13-9-37-11-16-50(67)53(24-37)69-31-51(68)48-27-43-46(29-62-28-35(2)66)58-21-6-7-54(58)57(19-4-5-20-57)45(18-22-58)55(43)63-48/h11,16,18,22,24-25,27,34-36,38,41-42,44-47,49,51,54,62-63,65-68H,4-10,12-15,17,19-21,23,26,28-33,59H2,1-3H3,(H3,60,61,64)/t34-,35-,36-,38+,41-,42+,44+,45-,46+,47+,49+,51-,54-,58+/m0/s1. The molecule has 14 atom stereocenters. The number of aliphatic imine (C=N–C) groups is 1. The van der Waals surface area contributed by atoms with Crippen LogP contribution in [-0.4, -0.2) is 87.8 Å². The smallest absolute Gasteiger partial charge is 0.188 e. The number of nitrogens with two attached hydrogens (primary N) is 2. The molecular weight excluding hydrogens is 941 g/mol. The van der Waals surface area contributed by atoms with E-state index in [1.54, 1.807) is 13.1 Å². The number of hydrogen-bond acceptors (Lipinski definition) is 11. The van der Waals surface area contributed by atoms with Gasteiger partial charge in [-0.15, -0.1) is 0 Å². The first-order valence-corrected chi connectivity index (χ1v) is 30.5. The van der Waals surface area contributed by atoms with E-state index in [0.717, 1.165) is 65.7 Å². The van der Waals surface area contributed by atoms with Crippen LogP contribution in [0.1, 0.15) is 161 Å². The van der Waals surface area contributed by atoms with Gasteiger partial charge in [0, 0.05) is 85.4 Å². The van der Waals surface area contributed by atoms with Gasteiger partial charge in [0.25, 0.3) is 0 Å². The van der Waals surface area contributed by atoms with E-state index in [0.29, 0.717) is 84.5 Å². The Morgan fingerprint density at radius 2 is 1.79 bits per heavy atom. The van der Waals surface area contributed by atoms with Gasteiger partial charge < -0.3 is 56.7 Å². The van der Waals surface area contributed by atoms with Gasteiger partial charge in [-0.25, -0.2) is 0 Å². The lowest BCUT2D eigenvalue weighted by Crippen LogP contribution is -2.48. The molecule has 12 nitrogen and oxygen atoms in total. The predicted octanol–water partition coefficient (Wildman–Crippen LogP) is 9.41. The first kappa shape index (κ1) is 52.3. The number of aromatic hydroxyl groups is 1. The van der Waals surface area contributed by atoms with Crippen molar-refractivity contribution in [1.82, 2.24) is 15.6 Å². The average Bonchev–Trinajstić information content (AvgIpc) is 4.18. The number of benzene rings is 1. The van der Waals surface area contributed by atoms with E-state index in [1.165, 1.54) is 88.3 Å². The highest BCUT2D eigenvalue weighted by Crippen LogP contribution is 2.72. The molecule has 6 bridgehead atoms. The van der Waals surface area contributed by atoms with E-state index in [9.17, 15) is 20.4 Å². The van der Waals surface area contributed by atoms with Gasteiger partial charge in [-0.05, 0) is 165 Å². The molecule has 11 N–H and O–H groups in total. The average molecular weight is 1030 g/mol. The zero-order valence-corrected chi connectivity index (χ0v) is 45.0. The molecule has 5 fully saturated rings. The van der Waals surface area contributed by atoms with Crippen LogP contribution in [0.2, 0.25) is 0 Å². The molecule has 0 amide bonds. The van der Waals surface area contributed by atoms with Crippen LogP contribution in [0.3, 0.4) is 0 Å². The summed E-state index contributed by atoms with van der Waals surface area (Å²) in [5.41, 5.74) is 18.7. The molecule has 1 aliphatic heterocycles. The van der Waals surface area contributed by atoms with Crippen LogP contribution < -0.4 is 26.8 Å². The van der Waals surface area contributed by atoms with Crippen molar-refractivity contribution in [1.29, 1.82) is 0 Å². The van der Waals surface area contributed by atoms with E-state index in [2.05, 4.69) is 45.8 Å². The maximum absolute atomic E-state index is 11.8. The van der Waals surface area contributed by atoms with Crippen molar-refractivity contribution in [3.63, 3.8) is 0 Å². The number of nitrogens with one attached hydrogen (secondary N) is 3. The molecule has 1 aromatic carbocycles. The van der Waals surface area contributed by atoms with Crippen LogP contribution in [0, 0.1) is 52.3 Å².